The van der Waals surface area contributed by atoms with Crippen LogP contribution in [0, 0.1) is 0 Å². The van der Waals surface area contributed by atoms with Crippen molar-refractivity contribution in [1.29, 1.82) is 0 Å². The Labute approximate surface area is 139 Å². The zero-order valence-electron chi connectivity index (χ0n) is 15.1. The first-order valence-electron chi connectivity index (χ1n) is 9.84. The normalized spacial score (nSPS) is 13.0. The molecule has 0 aliphatic heterocycles. The van der Waals surface area contributed by atoms with Gasteiger partial charge in [0, 0.05) is 0 Å². The van der Waals surface area contributed by atoms with E-state index < -0.39 is 0 Å². The minimum Gasteiger partial charge on any atom is -0.393 e. The van der Waals surface area contributed by atoms with Gasteiger partial charge in [0.05, 0.1) is 6.10 Å². The van der Waals surface area contributed by atoms with Crippen molar-refractivity contribution >= 4 is 0 Å². The van der Waals surface area contributed by atoms with Crippen molar-refractivity contribution in [3.8, 4) is 0 Å². The lowest BCUT2D eigenvalue weighted by atomic mass is 10.0. The van der Waals surface area contributed by atoms with Crippen LogP contribution in [-0.2, 0) is 0 Å². The number of aliphatic hydroxyl groups is 1. The Bertz CT molecular complexity index is 228. The molecule has 0 rings (SSSR count). The van der Waals surface area contributed by atoms with Gasteiger partial charge in [0.25, 0.3) is 0 Å². The Balaban J connectivity index is 3.13. The molecule has 0 aromatic carbocycles. The smallest absolute Gasteiger partial charge is 0.0540 e. The Hall–Kier alpha value is -0.340. The third-order valence-electron chi connectivity index (χ3n) is 4.29. The van der Waals surface area contributed by atoms with Gasteiger partial charge in [-0.15, -0.1) is 0 Å². The van der Waals surface area contributed by atoms with E-state index in [0.29, 0.717) is 6.54 Å². The molecule has 132 valence electrons. The second-order valence-corrected chi connectivity index (χ2v) is 6.60. The Kier molecular flexibility index (Phi) is 18.4. The molecule has 0 saturated carbocycles. The van der Waals surface area contributed by atoms with E-state index in [1.165, 1.54) is 77.0 Å². The molecular weight excluding hydrogens is 270 g/mol. The van der Waals surface area contributed by atoms with Gasteiger partial charge in [-0.1, -0.05) is 70.4 Å². The molecule has 0 amide bonds. The van der Waals surface area contributed by atoms with Crippen molar-refractivity contribution < 1.29 is 5.11 Å². The van der Waals surface area contributed by atoms with Gasteiger partial charge < -0.3 is 10.8 Å². The Morgan fingerprint density at radius 1 is 0.727 bits per heavy atom. The lowest BCUT2D eigenvalue weighted by molar-refractivity contribution is 0.149. The summed E-state index contributed by atoms with van der Waals surface area (Å²) in [4.78, 5) is 0. The molecule has 22 heavy (non-hydrogen) atoms. The van der Waals surface area contributed by atoms with Gasteiger partial charge >= 0.3 is 0 Å². The maximum absolute atomic E-state index is 9.71. The highest BCUT2D eigenvalue weighted by Gasteiger charge is 2.02. The molecule has 0 aliphatic carbocycles. The van der Waals surface area contributed by atoms with E-state index in [1.54, 1.807) is 0 Å². The van der Waals surface area contributed by atoms with Crippen molar-refractivity contribution in [2.45, 2.75) is 109 Å². The van der Waals surface area contributed by atoms with Crippen LogP contribution in [-0.4, -0.2) is 17.8 Å². The number of allylic oxidation sites excluding steroid dienone is 2. The van der Waals surface area contributed by atoms with Crippen LogP contribution in [0.25, 0.3) is 0 Å². The van der Waals surface area contributed by atoms with E-state index in [4.69, 9.17) is 5.73 Å². The van der Waals surface area contributed by atoms with Crippen LogP contribution in [0.3, 0.4) is 0 Å². The molecule has 0 spiro atoms. The molecule has 0 radical (unpaired) electrons. The molecule has 0 fully saturated rings. The number of unbranched alkanes of at least 4 members (excludes halogenated alkanes) is 10. The monoisotopic (exact) mass is 311 g/mol. The molecule has 0 heterocycles. The molecule has 2 nitrogen and oxygen atoms in total. The highest BCUT2D eigenvalue weighted by molar-refractivity contribution is 4.81. The number of hydrogen-bond acceptors (Lipinski definition) is 2. The van der Waals surface area contributed by atoms with Crippen LogP contribution in [0.2, 0.25) is 0 Å². The largest absolute Gasteiger partial charge is 0.393 e. The Morgan fingerprint density at radius 2 is 1.23 bits per heavy atom. The molecule has 0 saturated heterocycles. The van der Waals surface area contributed by atoms with Crippen LogP contribution in [0.1, 0.15) is 103 Å². The molecule has 1 unspecified atom stereocenters. The molecule has 0 aliphatic rings. The SMILES string of the molecule is CCCCCCC/C=C\CCCCCCCC(O)CCCN. The van der Waals surface area contributed by atoms with Crippen LogP contribution in [0.5, 0.6) is 0 Å². The molecule has 0 aromatic heterocycles. The summed E-state index contributed by atoms with van der Waals surface area (Å²) >= 11 is 0. The second-order valence-electron chi connectivity index (χ2n) is 6.60. The quantitative estimate of drug-likeness (QED) is 0.266. The fourth-order valence-corrected chi connectivity index (χ4v) is 2.77. The van der Waals surface area contributed by atoms with Gasteiger partial charge in [0.15, 0.2) is 0 Å². The van der Waals surface area contributed by atoms with E-state index in [0.717, 1.165) is 19.3 Å². The number of hydrogen-bond donors (Lipinski definition) is 2. The molecule has 2 heteroatoms. The number of nitrogens with two attached hydrogens (primary N) is 1. The molecule has 0 bridgehead atoms. The molecule has 0 aromatic rings. The lowest BCUT2D eigenvalue weighted by Crippen LogP contribution is -2.09. The standard InChI is InChI=1S/C20H41NO/c1-2-3-4-5-6-7-8-9-10-11-12-13-14-15-17-20(22)18-16-19-21/h8-9,20,22H,2-7,10-19,21H2,1H3/b9-8-. The van der Waals surface area contributed by atoms with E-state index in [-0.39, 0.29) is 6.10 Å². The third-order valence-corrected chi connectivity index (χ3v) is 4.29. The Morgan fingerprint density at radius 3 is 1.82 bits per heavy atom. The fourth-order valence-electron chi connectivity index (χ4n) is 2.77. The summed E-state index contributed by atoms with van der Waals surface area (Å²) < 4.78 is 0. The summed E-state index contributed by atoms with van der Waals surface area (Å²) in [6, 6.07) is 0. The zero-order valence-corrected chi connectivity index (χ0v) is 15.1. The molecular formula is C20H41NO. The summed E-state index contributed by atoms with van der Waals surface area (Å²) in [6.45, 7) is 2.97. The van der Waals surface area contributed by atoms with Gasteiger partial charge in [-0.2, -0.15) is 0 Å². The van der Waals surface area contributed by atoms with Gasteiger partial charge in [-0.05, 0) is 51.5 Å². The van der Waals surface area contributed by atoms with Crippen molar-refractivity contribution in [3.63, 3.8) is 0 Å². The van der Waals surface area contributed by atoms with Gasteiger partial charge in [-0.3, -0.25) is 0 Å². The summed E-state index contributed by atoms with van der Waals surface area (Å²) in [5.74, 6) is 0. The summed E-state index contributed by atoms with van der Waals surface area (Å²) in [5, 5.41) is 9.71. The van der Waals surface area contributed by atoms with Gasteiger partial charge in [0.2, 0.25) is 0 Å². The predicted molar refractivity (Wildman–Crippen MR) is 99.1 cm³/mol. The topological polar surface area (TPSA) is 46.2 Å². The maximum atomic E-state index is 9.71. The molecule has 3 N–H and O–H groups in total. The van der Waals surface area contributed by atoms with E-state index in [1.807, 2.05) is 0 Å². The first-order valence-corrected chi connectivity index (χ1v) is 9.84. The minimum atomic E-state index is -0.121. The van der Waals surface area contributed by atoms with E-state index >= 15 is 0 Å². The van der Waals surface area contributed by atoms with Crippen LogP contribution in [0.15, 0.2) is 12.2 Å². The van der Waals surface area contributed by atoms with Crippen LogP contribution >= 0.6 is 0 Å². The molecule has 1 atom stereocenters. The summed E-state index contributed by atoms with van der Waals surface area (Å²) in [5.41, 5.74) is 5.44. The summed E-state index contributed by atoms with van der Waals surface area (Å²) in [6.07, 6.45) is 23.2. The first-order chi connectivity index (χ1) is 10.8. The zero-order chi connectivity index (χ0) is 16.3. The minimum absolute atomic E-state index is 0.121. The number of aliphatic hydroxyl groups excluding tert-OH is 1. The van der Waals surface area contributed by atoms with Crippen molar-refractivity contribution in [1.82, 2.24) is 0 Å². The fraction of sp³-hybridized carbons (Fsp3) is 0.900. The van der Waals surface area contributed by atoms with Crippen molar-refractivity contribution in [2.24, 2.45) is 5.73 Å². The number of rotatable bonds is 17. The van der Waals surface area contributed by atoms with E-state index in [9.17, 15) is 5.11 Å². The average molecular weight is 312 g/mol. The highest BCUT2D eigenvalue weighted by atomic mass is 16.3. The predicted octanol–water partition coefficient (Wildman–Crippen LogP) is 5.73. The van der Waals surface area contributed by atoms with E-state index in [2.05, 4.69) is 19.1 Å². The second kappa shape index (κ2) is 18.7. The average Bonchev–Trinajstić information content (AvgIpc) is 2.53. The van der Waals surface area contributed by atoms with Crippen molar-refractivity contribution in [3.05, 3.63) is 12.2 Å². The van der Waals surface area contributed by atoms with Crippen LogP contribution in [0.4, 0.5) is 0 Å². The first kappa shape index (κ1) is 21.7. The highest BCUT2D eigenvalue weighted by Crippen LogP contribution is 2.11. The maximum Gasteiger partial charge on any atom is 0.0540 e. The van der Waals surface area contributed by atoms with Gasteiger partial charge in [-0.25, -0.2) is 0 Å². The summed E-state index contributed by atoms with van der Waals surface area (Å²) in [7, 11) is 0. The van der Waals surface area contributed by atoms with Gasteiger partial charge in [0.1, 0.15) is 0 Å². The third kappa shape index (κ3) is 17.7. The van der Waals surface area contributed by atoms with Crippen LogP contribution < -0.4 is 5.73 Å². The van der Waals surface area contributed by atoms with Crippen molar-refractivity contribution in [2.75, 3.05) is 6.54 Å². The lowest BCUT2D eigenvalue weighted by Gasteiger charge is -2.09.